The number of hydrogen-bond donors (Lipinski definition) is 1. The van der Waals surface area contributed by atoms with E-state index in [2.05, 4.69) is 5.32 Å². The van der Waals surface area contributed by atoms with Crippen molar-refractivity contribution in [3.8, 4) is 11.5 Å². The van der Waals surface area contributed by atoms with Crippen LogP contribution < -0.4 is 14.8 Å². The van der Waals surface area contributed by atoms with E-state index in [1.807, 2.05) is 11.9 Å². The highest BCUT2D eigenvalue weighted by Crippen LogP contribution is 2.27. The molecule has 1 unspecified atom stereocenters. The molecule has 26 heavy (non-hydrogen) atoms. The minimum atomic E-state index is -0.393. The molecular weight excluding hydrogens is 359 g/mol. The zero-order chi connectivity index (χ0) is 19.1. The Hall–Kier alpha value is -2.31. The summed E-state index contributed by atoms with van der Waals surface area (Å²) in [5, 5.41) is 3.33. The van der Waals surface area contributed by atoms with Crippen LogP contribution in [0.15, 0.2) is 42.5 Å². The van der Waals surface area contributed by atoms with Crippen molar-refractivity contribution in [2.75, 3.05) is 32.6 Å². The quantitative estimate of drug-likeness (QED) is 0.756. The number of methoxy groups -OCH3 is 1. The molecule has 2 aromatic carbocycles. The van der Waals surface area contributed by atoms with Crippen LogP contribution in [-0.2, 0) is 4.79 Å². The van der Waals surface area contributed by atoms with E-state index in [4.69, 9.17) is 21.1 Å². The molecule has 5 nitrogen and oxygen atoms in total. The van der Waals surface area contributed by atoms with Crippen LogP contribution in [0.1, 0.15) is 6.92 Å². The van der Waals surface area contributed by atoms with Crippen molar-refractivity contribution in [1.29, 1.82) is 0 Å². The normalized spacial score (nSPS) is 11.9. The lowest BCUT2D eigenvalue weighted by Gasteiger charge is -2.24. The fourth-order valence-electron chi connectivity index (χ4n) is 2.25. The van der Waals surface area contributed by atoms with Gasteiger partial charge in [0.1, 0.15) is 23.9 Å². The molecule has 0 aliphatic rings. The molecule has 1 atom stereocenters. The first-order chi connectivity index (χ1) is 12.4. The first-order valence-electron chi connectivity index (χ1n) is 8.13. The van der Waals surface area contributed by atoms with Gasteiger partial charge in [0.05, 0.1) is 18.8 Å². The maximum Gasteiger partial charge on any atom is 0.241 e. The van der Waals surface area contributed by atoms with Crippen LogP contribution >= 0.6 is 11.6 Å². The largest absolute Gasteiger partial charge is 0.495 e. The minimum Gasteiger partial charge on any atom is -0.495 e. The first kappa shape index (κ1) is 20.0. The van der Waals surface area contributed by atoms with Crippen molar-refractivity contribution in [3.63, 3.8) is 0 Å². The van der Waals surface area contributed by atoms with Crippen LogP contribution in [0.25, 0.3) is 0 Å². The Morgan fingerprint density at radius 3 is 2.62 bits per heavy atom. The Balaban J connectivity index is 1.86. The first-order valence-corrected chi connectivity index (χ1v) is 8.51. The number of halogens is 2. The van der Waals surface area contributed by atoms with Crippen molar-refractivity contribution in [1.82, 2.24) is 4.90 Å². The number of rotatable bonds is 8. The number of amides is 1. The number of nitrogens with one attached hydrogen (secondary N) is 1. The van der Waals surface area contributed by atoms with Gasteiger partial charge in [-0.15, -0.1) is 0 Å². The summed E-state index contributed by atoms with van der Waals surface area (Å²) in [5.41, 5.74) is 0.521. The Morgan fingerprint density at radius 2 is 1.96 bits per heavy atom. The van der Waals surface area contributed by atoms with Crippen LogP contribution in [-0.4, -0.2) is 44.2 Å². The summed E-state index contributed by atoms with van der Waals surface area (Å²) in [6.07, 6.45) is 0. The molecule has 0 radical (unpaired) electrons. The number of anilines is 1. The number of hydrogen-bond acceptors (Lipinski definition) is 4. The van der Waals surface area contributed by atoms with Gasteiger partial charge in [0.2, 0.25) is 5.91 Å². The van der Waals surface area contributed by atoms with Crippen molar-refractivity contribution < 1.29 is 18.7 Å². The number of carbonyl (C=O) groups excluding carboxylic acids is 1. The SMILES string of the molecule is COc1ccc(Cl)cc1NC(=O)C(C)N(C)CCOc1ccc(F)cc1. The van der Waals surface area contributed by atoms with Gasteiger partial charge in [0.25, 0.3) is 0 Å². The van der Waals surface area contributed by atoms with Gasteiger partial charge in [-0.3, -0.25) is 9.69 Å². The Bertz CT molecular complexity index is 740. The molecular formula is C19H22ClFN2O3. The van der Waals surface area contributed by atoms with E-state index in [9.17, 15) is 9.18 Å². The third kappa shape index (κ3) is 5.61. The second-order valence-corrected chi connectivity index (χ2v) is 6.23. The Kier molecular flexibility index (Phi) is 7.24. The van der Waals surface area contributed by atoms with Crippen molar-refractivity contribution in [3.05, 3.63) is 53.3 Å². The van der Waals surface area contributed by atoms with E-state index < -0.39 is 6.04 Å². The molecule has 1 amide bonds. The van der Waals surface area contributed by atoms with E-state index in [-0.39, 0.29) is 11.7 Å². The van der Waals surface area contributed by atoms with Crippen LogP contribution in [0.3, 0.4) is 0 Å². The Morgan fingerprint density at radius 1 is 1.27 bits per heavy atom. The highest BCUT2D eigenvalue weighted by Gasteiger charge is 2.19. The molecule has 0 fully saturated rings. The van der Waals surface area contributed by atoms with Gasteiger partial charge in [-0.05, 0) is 56.4 Å². The summed E-state index contributed by atoms with van der Waals surface area (Å²) in [5.74, 6) is 0.629. The van der Waals surface area contributed by atoms with E-state index >= 15 is 0 Å². The number of benzene rings is 2. The van der Waals surface area contributed by atoms with Gasteiger partial charge in [-0.2, -0.15) is 0 Å². The summed E-state index contributed by atoms with van der Waals surface area (Å²) in [4.78, 5) is 14.3. The van der Waals surface area contributed by atoms with E-state index in [0.717, 1.165) is 0 Å². The average molecular weight is 381 g/mol. The van der Waals surface area contributed by atoms with Gasteiger partial charge in [-0.25, -0.2) is 4.39 Å². The standard InChI is InChI=1S/C19H22ClFN2O3/c1-13(19(24)22-17-12-14(20)4-9-18(17)25-3)23(2)10-11-26-16-7-5-15(21)6-8-16/h4-9,12-13H,10-11H2,1-3H3,(H,22,24). The second kappa shape index (κ2) is 9.40. The minimum absolute atomic E-state index is 0.185. The topological polar surface area (TPSA) is 50.8 Å². The van der Waals surface area contributed by atoms with Gasteiger partial charge in [-0.1, -0.05) is 11.6 Å². The Labute approximate surface area is 157 Å². The van der Waals surface area contributed by atoms with E-state index in [1.165, 1.54) is 19.2 Å². The number of carbonyl (C=O) groups is 1. The van der Waals surface area contributed by atoms with Gasteiger partial charge >= 0.3 is 0 Å². The third-order valence-corrected chi connectivity index (χ3v) is 4.22. The second-order valence-electron chi connectivity index (χ2n) is 5.79. The molecule has 140 valence electrons. The van der Waals surface area contributed by atoms with Crippen molar-refractivity contribution in [2.24, 2.45) is 0 Å². The fourth-order valence-corrected chi connectivity index (χ4v) is 2.42. The number of nitrogens with zero attached hydrogens (tertiary/aromatic N) is 1. The summed E-state index contributed by atoms with van der Waals surface area (Å²) in [7, 11) is 3.36. The molecule has 0 saturated carbocycles. The molecule has 0 spiro atoms. The molecule has 0 aliphatic carbocycles. The molecule has 1 N–H and O–H groups in total. The number of likely N-dealkylation sites (N-methyl/N-ethyl adjacent to an activating group) is 1. The monoisotopic (exact) mass is 380 g/mol. The molecule has 2 rings (SSSR count). The summed E-state index contributed by atoms with van der Waals surface area (Å²) >= 11 is 5.98. The van der Waals surface area contributed by atoms with Gasteiger partial charge in [0, 0.05) is 11.6 Å². The van der Waals surface area contributed by atoms with Crippen molar-refractivity contribution in [2.45, 2.75) is 13.0 Å². The fraction of sp³-hybridized carbons (Fsp3) is 0.316. The summed E-state index contributed by atoms with van der Waals surface area (Å²) < 4.78 is 23.6. The van der Waals surface area contributed by atoms with Crippen LogP contribution in [0.4, 0.5) is 10.1 Å². The van der Waals surface area contributed by atoms with E-state index in [0.29, 0.717) is 35.4 Å². The summed E-state index contributed by atoms with van der Waals surface area (Å²) in [6.45, 7) is 2.70. The van der Waals surface area contributed by atoms with Crippen LogP contribution in [0.2, 0.25) is 5.02 Å². The highest BCUT2D eigenvalue weighted by atomic mass is 35.5. The maximum absolute atomic E-state index is 12.9. The lowest BCUT2D eigenvalue weighted by molar-refractivity contribution is -0.120. The van der Waals surface area contributed by atoms with Crippen molar-refractivity contribution >= 4 is 23.2 Å². The van der Waals surface area contributed by atoms with Gasteiger partial charge < -0.3 is 14.8 Å². The van der Waals surface area contributed by atoms with E-state index in [1.54, 1.807) is 37.3 Å². The molecule has 0 heterocycles. The molecule has 7 heteroatoms. The maximum atomic E-state index is 12.9. The molecule has 0 aromatic heterocycles. The van der Waals surface area contributed by atoms with Crippen LogP contribution in [0.5, 0.6) is 11.5 Å². The smallest absolute Gasteiger partial charge is 0.241 e. The molecule has 0 bridgehead atoms. The predicted molar refractivity (Wildman–Crippen MR) is 101 cm³/mol. The number of ether oxygens (including phenoxy) is 2. The zero-order valence-corrected chi connectivity index (χ0v) is 15.7. The zero-order valence-electron chi connectivity index (χ0n) is 15.0. The van der Waals surface area contributed by atoms with Crippen LogP contribution in [0, 0.1) is 5.82 Å². The third-order valence-electron chi connectivity index (χ3n) is 3.99. The summed E-state index contributed by atoms with van der Waals surface area (Å²) in [6, 6.07) is 10.5. The highest BCUT2D eigenvalue weighted by molar-refractivity contribution is 6.31. The average Bonchev–Trinajstić information content (AvgIpc) is 2.62. The predicted octanol–water partition coefficient (Wildman–Crippen LogP) is 3.83. The molecule has 2 aromatic rings. The van der Waals surface area contributed by atoms with Gasteiger partial charge in [0.15, 0.2) is 0 Å². The lowest BCUT2D eigenvalue weighted by atomic mass is 10.2. The molecule has 0 aliphatic heterocycles. The lowest BCUT2D eigenvalue weighted by Crippen LogP contribution is -2.41. The molecule has 0 saturated heterocycles.